The van der Waals surface area contributed by atoms with E-state index in [1.165, 1.54) is 6.42 Å². The lowest BCUT2D eigenvalue weighted by atomic mass is 9.84. The van der Waals surface area contributed by atoms with Gasteiger partial charge in [-0.1, -0.05) is 27.7 Å². The average Bonchev–Trinajstić information content (AvgIpc) is 2.87. The first-order valence-electron chi connectivity index (χ1n) is 7.47. The fourth-order valence-electron chi connectivity index (χ4n) is 2.25. The normalized spacial score (nSPS) is 14.0. The molecule has 0 fully saturated rings. The van der Waals surface area contributed by atoms with Gasteiger partial charge >= 0.3 is 0 Å². The minimum Gasteiger partial charge on any atom is -0.468 e. The van der Waals surface area contributed by atoms with Crippen LogP contribution in [0.15, 0.2) is 22.8 Å². The first kappa shape index (κ1) is 16.3. The van der Waals surface area contributed by atoms with E-state index in [2.05, 4.69) is 50.9 Å². The molecule has 3 nitrogen and oxygen atoms in total. The van der Waals surface area contributed by atoms with Crippen LogP contribution < -0.4 is 5.32 Å². The fourth-order valence-corrected chi connectivity index (χ4v) is 2.25. The van der Waals surface area contributed by atoms with E-state index in [-0.39, 0.29) is 5.41 Å². The molecule has 1 aromatic rings. The Hall–Kier alpha value is -0.800. The first-order valence-corrected chi connectivity index (χ1v) is 7.47. The number of rotatable bonds is 9. The predicted molar refractivity (Wildman–Crippen MR) is 81.2 cm³/mol. The molecule has 3 heteroatoms. The van der Waals surface area contributed by atoms with Crippen LogP contribution in [0.2, 0.25) is 0 Å². The van der Waals surface area contributed by atoms with Gasteiger partial charge < -0.3 is 9.73 Å². The first-order chi connectivity index (χ1) is 8.99. The van der Waals surface area contributed by atoms with Gasteiger partial charge in [-0.25, -0.2) is 0 Å². The maximum Gasteiger partial charge on any atom is 0.117 e. The Labute approximate surface area is 118 Å². The van der Waals surface area contributed by atoms with Gasteiger partial charge in [0.15, 0.2) is 0 Å². The zero-order chi connectivity index (χ0) is 14.3. The van der Waals surface area contributed by atoms with E-state index >= 15 is 0 Å². The Morgan fingerprint density at radius 1 is 1.37 bits per heavy atom. The van der Waals surface area contributed by atoms with Crippen molar-refractivity contribution in [3.63, 3.8) is 0 Å². The summed E-state index contributed by atoms with van der Waals surface area (Å²) < 4.78 is 5.45. The van der Waals surface area contributed by atoms with Crippen molar-refractivity contribution in [2.24, 2.45) is 5.41 Å². The number of hydrogen-bond acceptors (Lipinski definition) is 3. The molecule has 1 aromatic heterocycles. The Morgan fingerprint density at radius 3 is 2.63 bits per heavy atom. The minimum atomic E-state index is 0.248. The van der Waals surface area contributed by atoms with Crippen LogP contribution in [0.3, 0.4) is 0 Å². The highest BCUT2D eigenvalue weighted by Gasteiger charge is 2.27. The molecular weight excluding hydrogens is 236 g/mol. The summed E-state index contributed by atoms with van der Waals surface area (Å²) in [6.07, 6.45) is 2.93. The third-order valence-corrected chi connectivity index (χ3v) is 3.91. The van der Waals surface area contributed by atoms with Gasteiger partial charge in [0.1, 0.15) is 5.76 Å². The summed E-state index contributed by atoms with van der Waals surface area (Å²) >= 11 is 0. The van der Waals surface area contributed by atoms with Crippen molar-refractivity contribution in [3.8, 4) is 0 Å². The lowest BCUT2D eigenvalue weighted by molar-refractivity contribution is 0.135. The van der Waals surface area contributed by atoms with Gasteiger partial charge in [0.25, 0.3) is 0 Å². The van der Waals surface area contributed by atoms with Gasteiger partial charge in [-0.15, -0.1) is 0 Å². The molecule has 1 N–H and O–H groups in total. The van der Waals surface area contributed by atoms with Gasteiger partial charge in [0, 0.05) is 12.6 Å². The van der Waals surface area contributed by atoms with E-state index in [0.717, 1.165) is 31.9 Å². The lowest BCUT2D eigenvalue weighted by Crippen LogP contribution is -2.46. The summed E-state index contributed by atoms with van der Waals surface area (Å²) in [6, 6.07) is 4.52. The van der Waals surface area contributed by atoms with E-state index in [1.807, 2.05) is 6.07 Å². The van der Waals surface area contributed by atoms with E-state index in [9.17, 15) is 0 Å². The minimum absolute atomic E-state index is 0.248. The Morgan fingerprint density at radius 2 is 2.11 bits per heavy atom. The molecule has 1 rings (SSSR count). The largest absolute Gasteiger partial charge is 0.468 e. The van der Waals surface area contributed by atoms with Crippen molar-refractivity contribution in [2.75, 3.05) is 19.6 Å². The van der Waals surface area contributed by atoms with Crippen LogP contribution in [-0.4, -0.2) is 30.6 Å². The summed E-state index contributed by atoms with van der Waals surface area (Å²) in [6.45, 7) is 15.5. The van der Waals surface area contributed by atoms with Gasteiger partial charge in [-0.3, -0.25) is 4.90 Å². The predicted octanol–water partition coefficient (Wildman–Crippen LogP) is 3.52. The van der Waals surface area contributed by atoms with Crippen LogP contribution in [0.1, 0.15) is 46.8 Å². The molecule has 0 spiro atoms. The number of hydrogen-bond donors (Lipinski definition) is 1. The Bertz CT molecular complexity index is 333. The SMILES string of the molecule is CCCNC(C)C(C)(C)CN(CC)Cc1ccco1. The van der Waals surface area contributed by atoms with E-state index in [0.29, 0.717) is 6.04 Å². The molecule has 19 heavy (non-hydrogen) atoms. The summed E-state index contributed by atoms with van der Waals surface area (Å²) in [5.74, 6) is 1.05. The monoisotopic (exact) mass is 266 g/mol. The van der Waals surface area contributed by atoms with Crippen LogP contribution in [0.5, 0.6) is 0 Å². The molecule has 0 saturated carbocycles. The van der Waals surface area contributed by atoms with Crippen LogP contribution >= 0.6 is 0 Å². The second kappa shape index (κ2) is 7.71. The van der Waals surface area contributed by atoms with Crippen LogP contribution in [-0.2, 0) is 6.54 Å². The van der Waals surface area contributed by atoms with E-state index in [1.54, 1.807) is 6.26 Å². The molecule has 0 amide bonds. The molecule has 110 valence electrons. The topological polar surface area (TPSA) is 28.4 Å². The van der Waals surface area contributed by atoms with Crippen molar-refractivity contribution in [1.29, 1.82) is 0 Å². The highest BCUT2D eigenvalue weighted by molar-refractivity contribution is 4.98. The van der Waals surface area contributed by atoms with Crippen molar-refractivity contribution >= 4 is 0 Å². The molecular formula is C16H30N2O. The van der Waals surface area contributed by atoms with Crippen LogP contribution in [0.4, 0.5) is 0 Å². The Balaban J connectivity index is 2.52. The summed E-state index contributed by atoms with van der Waals surface area (Å²) in [7, 11) is 0. The molecule has 0 aliphatic rings. The summed E-state index contributed by atoms with van der Waals surface area (Å²) in [4.78, 5) is 2.45. The lowest BCUT2D eigenvalue weighted by Gasteiger charge is -2.37. The molecule has 0 aliphatic carbocycles. The third kappa shape index (κ3) is 5.37. The average molecular weight is 266 g/mol. The third-order valence-electron chi connectivity index (χ3n) is 3.91. The van der Waals surface area contributed by atoms with Crippen molar-refractivity contribution in [1.82, 2.24) is 10.2 Å². The van der Waals surface area contributed by atoms with Gasteiger partial charge in [0.2, 0.25) is 0 Å². The molecule has 0 saturated heterocycles. The molecule has 0 aliphatic heterocycles. The zero-order valence-electron chi connectivity index (χ0n) is 13.2. The summed E-state index contributed by atoms with van der Waals surface area (Å²) in [5.41, 5.74) is 0.248. The van der Waals surface area contributed by atoms with E-state index < -0.39 is 0 Å². The maximum atomic E-state index is 5.45. The Kier molecular flexibility index (Phi) is 6.59. The molecule has 1 unspecified atom stereocenters. The van der Waals surface area contributed by atoms with Gasteiger partial charge in [0.05, 0.1) is 12.8 Å². The van der Waals surface area contributed by atoms with Crippen LogP contribution in [0, 0.1) is 5.41 Å². The van der Waals surface area contributed by atoms with Crippen molar-refractivity contribution in [2.45, 2.75) is 53.6 Å². The highest BCUT2D eigenvalue weighted by Crippen LogP contribution is 2.23. The fraction of sp³-hybridized carbons (Fsp3) is 0.750. The summed E-state index contributed by atoms with van der Waals surface area (Å²) in [5, 5.41) is 3.61. The molecule has 1 atom stereocenters. The number of nitrogens with zero attached hydrogens (tertiary/aromatic N) is 1. The molecule has 0 bridgehead atoms. The molecule has 1 heterocycles. The smallest absolute Gasteiger partial charge is 0.117 e. The van der Waals surface area contributed by atoms with Crippen molar-refractivity contribution in [3.05, 3.63) is 24.2 Å². The molecule has 0 aromatic carbocycles. The van der Waals surface area contributed by atoms with Gasteiger partial charge in [-0.05, 0) is 44.0 Å². The molecule has 0 radical (unpaired) electrons. The zero-order valence-corrected chi connectivity index (χ0v) is 13.2. The van der Waals surface area contributed by atoms with Crippen LogP contribution in [0.25, 0.3) is 0 Å². The number of furan rings is 1. The van der Waals surface area contributed by atoms with Gasteiger partial charge in [-0.2, -0.15) is 0 Å². The maximum absolute atomic E-state index is 5.45. The van der Waals surface area contributed by atoms with E-state index in [4.69, 9.17) is 4.42 Å². The standard InChI is InChI=1S/C16H30N2O/c1-6-10-17-14(3)16(4,5)13-18(7-2)12-15-9-8-11-19-15/h8-9,11,14,17H,6-7,10,12-13H2,1-5H3. The quantitative estimate of drug-likeness (QED) is 0.741. The highest BCUT2D eigenvalue weighted by atomic mass is 16.3. The second-order valence-corrected chi connectivity index (χ2v) is 6.05. The second-order valence-electron chi connectivity index (χ2n) is 6.05. The number of nitrogens with one attached hydrogen (secondary N) is 1. The van der Waals surface area contributed by atoms with Crippen molar-refractivity contribution < 1.29 is 4.42 Å².